The summed E-state index contributed by atoms with van der Waals surface area (Å²) in [6, 6.07) is 23.8. The molecule has 1 aliphatic heterocycles. The highest BCUT2D eigenvalue weighted by Crippen LogP contribution is 2.35. The molecular weight excluding hydrogens is 471 g/mol. The number of alkyl halides is 1. The molecule has 0 bridgehead atoms. The van der Waals surface area contributed by atoms with Crippen LogP contribution in [0.15, 0.2) is 91.0 Å². The fourth-order valence-electron chi connectivity index (χ4n) is 3.72. The molecule has 9 heteroatoms. The minimum Gasteiger partial charge on any atom is -0.459 e. The Labute approximate surface area is 206 Å². The Bertz CT molecular complexity index is 1190. The van der Waals surface area contributed by atoms with Crippen molar-refractivity contribution in [1.82, 2.24) is 0 Å². The standard InChI is InChI=1S/C27H23FO8/c28-17-27(32)23(35-26(31)20-14-8-3-9-15-20)22(34-25(30)19-12-6-2-7-13-19)21(36-27)16-33-24(29)18-10-4-1-5-11-18/h1-15,21-23,32H,16-17H2/t21-,22-,23+,27-/m1/s1. The van der Waals surface area contributed by atoms with Crippen LogP contribution in [-0.4, -0.2) is 60.4 Å². The molecule has 186 valence electrons. The van der Waals surface area contributed by atoms with Crippen molar-refractivity contribution in [3.63, 3.8) is 0 Å². The lowest BCUT2D eigenvalue weighted by atomic mass is 10.0. The van der Waals surface area contributed by atoms with Gasteiger partial charge in [-0.1, -0.05) is 54.6 Å². The van der Waals surface area contributed by atoms with E-state index in [9.17, 15) is 23.9 Å². The summed E-state index contributed by atoms with van der Waals surface area (Å²) in [6.45, 7) is -2.00. The van der Waals surface area contributed by atoms with E-state index in [0.29, 0.717) is 0 Å². The second kappa shape index (κ2) is 11.1. The molecule has 36 heavy (non-hydrogen) atoms. The maximum absolute atomic E-state index is 14.0. The predicted molar refractivity (Wildman–Crippen MR) is 124 cm³/mol. The smallest absolute Gasteiger partial charge is 0.338 e. The summed E-state index contributed by atoms with van der Waals surface area (Å²) in [6.07, 6.45) is -4.57. The molecule has 1 N–H and O–H groups in total. The Morgan fingerprint density at radius 3 is 1.67 bits per heavy atom. The van der Waals surface area contributed by atoms with Gasteiger partial charge in [0.15, 0.2) is 12.2 Å². The molecular formula is C27H23FO8. The molecule has 0 amide bonds. The number of hydrogen-bond donors (Lipinski definition) is 1. The van der Waals surface area contributed by atoms with Gasteiger partial charge in [0.2, 0.25) is 5.79 Å². The molecule has 0 aliphatic carbocycles. The first-order valence-corrected chi connectivity index (χ1v) is 11.1. The molecule has 0 aromatic heterocycles. The van der Waals surface area contributed by atoms with Crippen molar-refractivity contribution in [2.45, 2.75) is 24.1 Å². The summed E-state index contributed by atoms with van der Waals surface area (Å²) < 4.78 is 35.7. The van der Waals surface area contributed by atoms with E-state index in [1.807, 2.05) is 0 Å². The maximum atomic E-state index is 14.0. The molecule has 3 aromatic carbocycles. The molecule has 1 fully saturated rings. The Balaban J connectivity index is 1.59. The van der Waals surface area contributed by atoms with Crippen LogP contribution >= 0.6 is 0 Å². The number of esters is 3. The summed E-state index contributed by atoms with van der Waals surface area (Å²) in [5, 5.41) is 10.9. The molecule has 3 aromatic rings. The van der Waals surface area contributed by atoms with Crippen LogP contribution in [0, 0.1) is 0 Å². The number of carbonyl (C=O) groups is 3. The number of aliphatic hydroxyl groups is 1. The SMILES string of the molecule is O=C(OC[C@H]1O[C@](O)(CF)[C@@H](OC(=O)c2ccccc2)[C@@H]1OC(=O)c1ccccc1)c1ccccc1. The number of ether oxygens (including phenoxy) is 4. The number of carbonyl (C=O) groups excluding carboxylic acids is 3. The van der Waals surface area contributed by atoms with Crippen molar-refractivity contribution in [2.24, 2.45) is 0 Å². The van der Waals surface area contributed by atoms with Crippen molar-refractivity contribution in [1.29, 1.82) is 0 Å². The van der Waals surface area contributed by atoms with Crippen molar-refractivity contribution in [3.05, 3.63) is 108 Å². The molecule has 0 saturated carbocycles. The Morgan fingerprint density at radius 1 is 0.750 bits per heavy atom. The zero-order valence-electron chi connectivity index (χ0n) is 19.0. The van der Waals surface area contributed by atoms with Gasteiger partial charge < -0.3 is 24.1 Å². The third-order valence-corrected chi connectivity index (χ3v) is 5.54. The minimum absolute atomic E-state index is 0.130. The van der Waals surface area contributed by atoms with Crippen LogP contribution in [0.2, 0.25) is 0 Å². The van der Waals surface area contributed by atoms with E-state index in [4.69, 9.17) is 18.9 Å². The third-order valence-electron chi connectivity index (χ3n) is 5.54. The van der Waals surface area contributed by atoms with E-state index in [0.717, 1.165) is 0 Å². The van der Waals surface area contributed by atoms with Crippen LogP contribution in [0.4, 0.5) is 4.39 Å². The maximum Gasteiger partial charge on any atom is 0.338 e. The van der Waals surface area contributed by atoms with Gasteiger partial charge in [0, 0.05) is 0 Å². The average molecular weight is 494 g/mol. The number of benzene rings is 3. The highest BCUT2D eigenvalue weighted by molar-refractivity contribution is 5.91. The lowest BCUT2D eigenvalue weighted by molar-refractivity contribution is -0.237. The summed E-state index contributed by atoms with van der Waals surface area (Å²) in [5.41, 5.74) is 0.549. The lowest BCUT2D eigenvalue weighted by Gasteiger charge is -2.27. The van der Waals surface area contributed by atoms with Crippen molar-refractivity contribution in [3.8, 4) is 0 Å². The van der Waals surface area contributed by atoms with Gasteiger partial charge >= 0.3 is 17.9 Å². The largest absolute Gasteiger partial charge is 0.459 e. The van der Waals surface area contributed by atoms with E-state index in [-0.39, 0.29) is 16.7 Å². The number of halogens is 1. The zero-order chi connectivity index (χ0) is 25.5. The van der Waals surface area contributed by atoms with Crippen LogP contribution in [0.1, 0.15) is 31.1 Å². The van der Waals surface area contributed by atoms with Gasteiger partial charge in [0.25, 0.3) is 0 Å². The molecule has 1 aliphatic rings. The van der Waals surface area contributed by atoms with Crippen molar-refractivity contribution >= 4 is 17.9 Å². The van der Waals surface area contributed by atoms with E-state index in [2.05, 4.69) is 0 Å². The van der Waals surface area contributed by atoms with Gasteiger partial charge in [-0.05, 0) is 36.4 Å². The zero-order valence-corrected chi connectivity index (χ0v) is 19.0. The van der Waals surface area contributed by atoms with Crippen LogP contribution in [0.25, 0.3) is 0 Å². The number of rotatable bonds is 8. The van der Waals surface area contributed by atoms with Crippen LogP contribution in [0.5, 0.6) is 0 Å². The van der Waals surface area contributed by atoms with Gasteiger partial charge in [-0.2, -0.15) is 0 Å². The number of hydrogen-bond acceptors (Lipinski definition) is 8. The first-order chi connectivity index (χ1) is 17.4. The van der Waals surface area contributed by atoms with Crippen LogP contribution < -0.4 is 0 Å². The quantitative estimate of drug-likeness (QED) is 0.375. The minimum atomic E-state index is -2.64. The molecule has 4 atom stereocenters. The van der Waals surface area contributed by atoms with Gasteiger partial charge in [-0.3, -0.25) is 0 Å². The lowest BCUT2D eigenvalue weighted by Crippen LogP contribution is -2.49. The van der Waals surface area contributed by atoms with E-state index in [1.165, 1.54) is 36.4 Å². The first-order valence-electron chi connectivity index (χ1n) is 11.1. The molecule has 4 rings (SSSR count). The second-order valence-electron chi connectivity index (χ2n) is 8.03. The Kier molecular flexibility index (Phi) is 7.72. The topological polar surface area (TPSA) is 108 Å². The van der Waals surface area contributed by atoms with Crippen molar-refractivity contribution < 1.29 is 42.8 Å². The highest BCUT2D eigenvalue weighted by atomic mass is 19.1. The van der Waals surface area contributed by atoms with E-state index >= 15 is 0 Å². The normalized spacial score (nSPS) is 23.0. The first kappa shape index (κ1) is 25.0. The fourth-order valence-corrected chi connectivity index (χ4v) is 3.72. The second-order valence-corrected chi connectivity index (χ2v) is 8.03. The van der Waals surface area contributed by atoms with Crippen LogP contribution in [-0.2, 0) is 18.9 Å². The monoisotopic (exact) mass is 494 g/mol. The highest BCUT2D eigenvalue weighted by Gasteiger charge is 2.59. The molecule has 0 unspecified atom stereocenters. The van der Waals surface area contributed by atoms with Gasteiger partial charge in [-0.15, -0.1) is 0 Å². The summed E-state index contributed by atoms with van der Waals surface area (Å²) in [5.74, 6) is -5.07. The Hall–Kier alpha value is -4.08. The summed E-state index contributed by atoms with van der Waals surface area (Å²) in [7, 11) is 0. The van der Waals surface area contributed by atoms with E-state index < -0.39 is 55.3 Å². The van der Waals surface area contributed by atoms with Crippen LogP contribution in [0.3, 0.4) is 0 Å². The predicted octanol–water partition coefficient (Wildman–Crippen LogP) is 3.35. The molecule has 1 saturated heterocycles. The van der Waals surface area contributed by atoms with Gasteiger partial charge in [-0.25, -0.2) is 18.8 Å². The van der Waals surface area contributed by atoms with Crippen molar-refractivity contribution in [2.75, 3.05) is 13.3 Å². The fraction of sp³-hybridized carbons (Fsp3) is 0.222. The van der Waals surface area contributed by atoms with Gasteiger partial charge in [0.05, 0.1) is 16.7 Å². The molecule has 8 nitrogen and oxygen atoms in total. The summed E-state index contributed by atoms with van der Waals surface area (Å²) in [4.78, 5) is 38.0. The summed E-state index contributed by atoms with van der Waals surface area (Å²) >= 11 is 0. The van der Waals surface area contributed by atoms with Gasteiger partial charge in [0.1, 0.15) is 19.4 Å². The molecule has 0 radical (unpaired) electrons. The molecule has 1 heterocycles. The Morgan fingerprint density at radius 2 is 1.19 bits per heavy atom. The average Bonchev–Trinajstić information content (AvgIpc) is 3.19. The third kappa shape index (κ3) is 5.59. The van der Waals surface area contributed by atoms with E-state index in [1.54, 1.807) is 54.6 Å². The molecule has 0 spiro atoms.